The number of ether oxygens (including phenoxy) is 1. The molecule has 0 radical (unpaired) electrons. The van der Waals surface area contributed by atoms with Crippen LogP contribution in [0.3, 0.4) is 0 Å². The average Bonchev–Trinajstić information content (AvgIpc) is 2.16. The minimum atomic E-state index is 0.756. The Labute approximate surface area is 80.0 Å². The van der Waals surface area contributed by atoms with Crippen molar-refractivity contribution in [2.24, 2.45) is 5.84 Å². The standard InChI is InChI=1S/C8H11BrN2O/c1-12-8-6(5-9)3-2-4-7(8)11-10/h2-4,11H,5,10H2,1H3. The highest BCUT2D eigenvalue weighted by atomic mass is 79.9. The summed E-state index contributed by atoms with van der Waals surface area (Å²) in [7, 11) is 1.63. The van der Waals surface area contributed by atoms with Crippen LogP contribution in [0.25, 0.3) is 0 Å². The number of methoxy groups -OCH3 is 1. The van der Waals surface area contributed by atoms with Gasteiger partial charge in [0.1, 0.15) is 5.75 Å². The van der Waals surface area contributed by atoms with Crippen molar-refractivity contribution in [1.82, 2.24) is 0 Å². The van der Waals surface area contributed by atoms with Gasteiger partial charge in [-0.25, -0.2) is 0 Å². The van der Waals surface area contributed by atoms with Gasteiger partial charge in [0.25, 0.3) is 0 Å². The number of nitrogens with two attached hydrogens (primary N) is 1. The van der Waals surface area contributed by atoms with Crippen LogP contribution in [-0.2, 0) is 5.33 Å². The fourth-order valence-electron chi connectivity index (χ4n) is 1.04. The lowest BCUT2D eigenvalue weighted by molar-refractivity contribution is 0.413. The summed E-state index contributed by atoms with van der Waals surface area (Å²) in [4.78, 5) is 0. The van der Waals surface area contributed by atoms with Crippen LogP contribution in [0.2, 0.25) is 0 Å². The molecule has 3 N–H and O–H groups in total. The highest BCUT2D eigenvalue weighted by Crippen LogP contribution is 2.29. The van der Waals surface area contributed by atoms with Gasteiger partial charge in [-0.1, -0.05) is 28.1 Å². The zero-order valence-corrected chi connectivity index (χ0v) is 8.39. The molecule has 0 spiro atoms. The Morgan fingerprint density at radius 3 is 2.83 bits per heavy atom. The molecule has 0 bridgehead atoms. The summed E-state index contributed by atoms with van der Waals surface area (Å²) in [6, 6.07) is 5.77. The predicted molar refractivity (Wildman–Crippen MR) is 53.4 cm³/mol. The van der Waals surface area contributed by atoms with E-state index in [2.05, 4.69) is 21.4 Å². The molecule has 12 heavy (non-hydrogen) atoms. The van der Waals surface area contributed by atoms with Gasteiger partial charge in [0.05, 0.1) is 12.8 Å². The van der Waals surface area contributed by atoms with E-state index >= 15 is 0 Å². The van der Waals surface area contributed by atoms with Crippen LogP contribution in [-0.4, -0.2) is 7.11 Å². The van der Waals surface area contributed by atoms with E-state index in [4.69, 9.17) is 10.6 Å². The van der Waals surface area contributed by atoms with Gasteiger partial charge in [0, 0.05) is 10.9 Å². The van der Waals surface area contributed by atoms with Crippen molar-refractivity contribution in [3.8, 4) is 5.75 Å². The second-order valence-corrected chi connectivity index (χ2v) is 2.84. The fraction of sp³-hybridized carbons (Fsp3) is 0.250. The number of para-hydroxylation sites is 1. The summed E-state index contributed by atoms with van der Waals surface area (Å²) in [5.74, 6) is 6.09. The van der Waals surface area contributed by atoms with Crippen molar-refractivity contribution in [2.45, 2.75) is 5.33 Å². The molecule has 0 atom stereocenters. The Morgan fingerprint density at radius 1 is 1.58 bits per heavy atom. The summed E-state index contributed by atoms with van der Waals surface area (Å²) < 4.78 is 5.19. The van der Waals surface area contributed by atoms with Crippen LogP contribution in [0.4, 0.5) is 5.69 Å². The smallest absolute Gasteiger partial charge is 0.147 e. The molecule has 0 heterocycles. The van der Waals surface area contributed by atoms with Crippen molar-refractivity contribution in [1.29, 1.82) is 0 Å². The minimum absolute atomic E-state index is 0.756. The van der Waals surface area contributed by atoms with E-state index in [1.165, 1.54) is 0 Å². The van der Waals surface area contributed by atoms with Gasteiger partial charge in [-0.2, -0.15) is 0 Å². The molecule has 1 aromatic carbocycles. The zero-order valence-electron chi connectivity index (χ0n) is 6.80. The minimum Gasteiger partial charge on any atom is -0.494 e. The first-order chi connectivity index (χ1) is 5.83. The first-order valence-electron chi connectivity index (χ1n) is 3.52. The molecular formula is C8H11BrN2O. The van der Waals surface area contributed by atoms with E-state index in [1.54, 1.807) is 7.11 Å². The summed E-state index contributed by atoms with van der Waals surface area (Å²) in [5, 5.41) is 0.756. The van der Waals surface area contributed by atoms with Gasteiger partial charge in [0.2, 0.25) is 0 Å². The second-order valence-electron chi connectivity index (χ2n) is 2.28. The van der Waals surface area contributed by atoms with Crippen molar-refractivity contribution >= 4 is 21.6 Å². The number of nitrogen functional groups attached to an aromatic ring is 1. The fourth-order valence-corrected chi connectivity index (χ4v) is 1.49. The number of nitrogens with one attached hydrogen (secondary N) is 1. The third kappa shape index (κ3) is 1.70. The molecule has 1 aromatic rings. The molecule has 0 aliphatic carbocycles. The average molecular weight is 231 g/mol. The molecule has 4 heteroatoms. The summed E-state index contributed by atoms with van der Waals surface area (Å²) >= 11 is 3.36. The Kier molecular flexibility index (Phi) is 3.37. The van der Waals surface area contributed by atoms with E-state index < -0.39 is 0 Å². The predicted octanol–water partition coefficient (Wildman–Crippen LogP) is 1.88. The molecule has 0 unspecified atom stereocenters. The van der Waals surface area contributed by atoms with Crippen LogP contribution in [0, 0.1) is 0 Å². The molecular weight excluding hydrogens is 220 g/mol. The second kappa shape index (κ2) is 4.33. The summed E-state index contributed by atoms with van der Waals surface area (Å²) in [5.41, 5.74) is 4.45. The topological polar surface area (TPSA) is 47.3 Å². The summed E-state index contributed by atoms with van der Waals surface area (Å²) in [6.45, 7) is 0. The third-order valence-corrected chi connectivity index (χ3v) is 2.20. The number of rotatable bonds is 3. The molecule has 0 saturated carbocycles. The van der Waals surface area contributed by atoms with Gasteiger partial charge in [-0.15, -0.1) is 0 Å². The molecule has 0 aliphatic heterocycles. The monoisotopic (exact) mass is 230 g/mol. The molecule has 0 saturated heterocycles. The lowest BCUT2D eigenvalue weighted by atomic mass is 10.2. The lowest BCUT2D eigenvalue weighted by Gasteiger charge is -2.10. The number of hydrogen-bond donors (Lipinski definition) is 2. The van der Waals surface area contributed by atoms with Gasteiger partial charge < -0.3 is 10.2 Å². The normalized spacial score (nSPS) is 9.58. The maximum absolute atomic E-state index is 5.30. The molecule has 0 aromatic heterocycles. The van der Waals surface area contributed by atoms with E-state index in [0.29, 0.717) is 0 Å². The maximum Gasteiger partial charge on any atom is 0.147 e. The van der Waals surface area contributed by atoms with Crippen LogP contribution < -0.4 is 16.0 Å². The zero-order chi connectivity index (χ0) is 8.97. The Morgan fingerprint density at radius 2 is 2.33 bits per heavy atom. The largest absolute Gasteiger partial charge is 0.494 e. The van der Waals surface area contributed by atoms with Crippen LogP contribution in [0.15, 0.2) is 18.2 Å². The number of hydrazine groups is 1. The third-order valence-electron chi connectivity index (χ3n) is 1.60. The van der Waals surface area contributed by atoms with Crippen molar-refractivity contribution in [3.63, 3.8) is 0 Å². The Hall–Kier alpha value is -0.740. The first kappa shape index (κ1) is 9.35. The highest BCUT2D eigenvalue weighted by Gasteiger charge is 2.05. The van der Waals surface area contributed by atoms with E-state index in [9.17, 15) is 0 Å². The molecule has 3 nitrogen and oxygen atoms in total. The molecule has 1 rings (SSSR count). The Bertz CT molecular complexity index is 243. The van der Waals surface area contributed by atoms with Gasteiger partial charge >= 0.3 is 0 Å². The van der Waals surface area contributed by atoms with Crippen molar-refractivity contribution in [3.05, 3.63) is 23.8 Å². The van der Waals surface area contributed by atoms with E-state index in [1.807, 2.05) is 18.2 Å². The quantitative estimate of drug-likeness (QED) is 0.474. The van der Waals surface area contributed by atoms with Crippen LogP contribution in [0.5, 0.6) is 5.75 Å². The molecule has 66 valence electrons. The Balaban J connectivity index is 3.13. The van der Waals surface area contributed by atoms with E-state index in [-0.39, 0.29) is 0 Å². The number of benzene rings is 1. The number of hydrogen-bond acceptors (Lipinski definition) is 3. The van der Waals surface area contributed by atoms with Crippen LogP contribution >= 0.6 is 15.9 Å². The van der Waals surface area contributed by atoms with Gasteiger partial charge in [0.15, 0.2) is 0 Å². The SMILES string of the molecule is COc1c(CBr)cccc1NN. The lowest BCUT2D eigenvalue weighted by Crippen LogP contribution is -2.08. The first-order valence-corrected chi connectivity index (χ1v) is 4.64. The number of anilines is 1. The summed E-state index contributed by atoms with van der Waals surface area (Å²) in [6.07, 6.45) is 0. The van der Waals surface area contributed by atoms with Gasteiger partial charge in [-0.3, -0.25) is 5.84 Å². The van der Waals surface area contributed by atoms with Crippen molar-refractivity contribution in [2.75, 3.05) is 12.5 Å². The van der Waals surface area contributed by atoms with Gasteiger partial charge in [-0.05, 0) is 6.07 Å². The highest BCUT2D eigenvalue weighted by molar-refractivity contribution is 9.08. The van der Waals surface area contributed by atoms with Crippen LogP contribution in [0.1, 0.15) is 5.56 Å². The molecule has 0 amide bonds. The number of halogens is 1. The molecule has 0 aliphatic rings. The van der Waals surface area contributed by atoms with E-state index in [0.717, 1.165) is 22.3 Å². The maximum atomic E-state index is 5.30. The van der Waals surface area contributed by atoms with Crippen molar-refractivity contribution < 1.29 is 4.74 Å². The molecule has 0 fully saturated rings. The number of alkyl halides is 1.